The number of carbonyl (C=O) groups is 3. The first-order chi connectivity index (χ1) is 15.9. The van der Waals surface area contributed by atoms with Crippen molar-refractivity contribution < 1.29 is 23.9 Å². The summed E-state index contributed by atoms with van der Waals surface area (Å²) < 4.78 is 10.4. The summed E-state index contributed by atoms with van der Waals surface area (Å²) in [4.78, 5) is 44.1. The number of hydrogen-bond donors (Lipinski definition) is 1. The number of hydrogen-bond acceptors (Lipinski definition) is 6. The largest absolute Gasteiger partial charge is 0.463 e. The average Bonchev–Trinajstić information content (AvgIpc) is 2.79. The lowest BCUT2D eigenvalue weighted by atomic mass is 9.94. The fourth-order valence-corrected chi connectivity index (χ4v) is 4.52. The van der Waals surface area contributed by atoms with E-state index < -0.39 is 12.0 Å². The van der Waals surface area contributed by atoms with Crippen molar-refractivity contribution in [3.8, 4) is 0 Å². The lowest BCUT2D eigenvalue weighted by Gasteiger charge is -2.42. The summed E-state index contributed by atoms with van der Waals surface area (Å²) in [6, 6.07) is 8.62. The SMILES string of the molecule is CCOC(=O)C1=C(CN2CCN(C(=O)COC)[C@H](C)C2)N(CC)C(=O)N[C@H]1c1ccccc1. The van der Waals surface area contributed by atoms with Gasteiger partial charge in [-0.3, -0.25) is 14.6 Å². The first-order valence-electron chi connectivity index (χ1n) is 11.4. The molecule has 0 radical (unpaired) electrons. The molecular weight excluding hydrogens is 424 g/mol. The Morgan fingerprint density at radius 2 is 1.88 bits per heavy atom. The Morgan fingerprint density at radius 3 is 2.48 bits per heavy atom. The van der Waals surface area contributed by atoms with Crippen molar-refractivity contribution in [1.82, 2.24) is 20.0 Å². The number of amides is 3. The van der Waals surface area contributed by atoms with Crippen LogP contribution in [0.4, 0.5) is 4.79 Å². The molecule has 0 unspecified atom stereocenters. The molecule has 1 N–H and O–H groups in total. The lowest BCUT2D eigenvalue weighted by Crippen LogP contribution is -2.57. The molecule has 2 aliphatic rings. The number of nitrogens with one attached hydrogen (secondary N) is 1. The molecule has 0 aliphatic carbocycles. The summed E-state index contributed by atoms with van der Waals surface area (Å²) in [5, 5.41) is 2.98. The Bertz CT molecular complexity index is 888. The maximum atomic E-state index is 13.1. The second kappa shape index (κ2) is 11.3. The van der Waals surface area contributed by atoms with E-state index in [1.165, 1.54) is 7.11 Å². The number of piperazine rings is 1. The van der Waals surface area contributed by atoms with E-state index in [0.717, 1.165) is 5.56 Å². The van der Waals surface area contributed by atoms with E-state index in [1.54, 1.807) is 11.8 Å². The smallest absolute Gasteiger partial charge is 0.338 e. The fourth-order valence-electron chi connectivity index (χ4n) is 4.52. The normalized spacial score (nSPS) is 21.8. The molecule has 1 fully saturated rings. The van der Waals surface area contributed by atoms with Gasteiger partial charge in [-0.15, -0.1) is 0 Å². The first-order valence-corrected chi connectivity index (χ1v) is 11.4. The molecule has 2 atom stereocenters. The van der Waals surface area contributed by atoms with Crippen molar-refractivity contribution in [3.63, 3.8) is 0 Å². The zero-order valence-electron chi connectivity index (χ0n) is 19.9. The summed E-state index contributed by atoms with van der Waals surface area (Å²) in [6.45, 7) is 8.62. The van der Waals surface area contributed by atoms with Crippen molar-refractivity contribution in [1.29, 1.82) is 0 Å². The molecule has 180 valence electrons. The summed E-state index contributed by atoms with van der Waals surface area (Å²) in [6.07, 6.45) is 0. The van der Waals surface area contributed by atoms with Crippen LogP contribution in [-0.4, -0.2) is 91.7 Å². The van der Waals surface area contributed by atoms with Crippen LogP contribution in [0.2, 0.25) is 0 Å². The highest BCUT2D eigenvalue weighted by Crippen LogP contribution is 2.32. The fraction of sp³-hybridized carbons (Fsp3) is 0.542. The zero-order valence-corrected chi connectivity index (χ0v) is 19.9. The Balaban J connectivity index is 1.94. The maximum absolute atomic E-state index is 13.1. The number of ether oxygens (including phenoxy) is 2. The number of carbonyl (C=O) groups excluding carboxylic acids is 3. The highest BCUT2D eigenvalue weighted by atomic mass is 16.5. The van der Waals surface area contributed by atoms with Gasteiger partial charge in [0.1, 0.15) is 6.61 Å². The second-order valence-electron chi connectivity index (χ2n) is 8.22. The number of benzene rings is 1. The predicted molar refractivity (Wildman–Crippen MR) is 123 cm³/mol. The Kier molecular flexibility index (Phi) is 8.46. The van der Waals surface area contributed by atoms with E-state index in [1.807, 2.05) is 49.1 Å². The van der Waals surface area contributed by atoms with Crippen molar-refractivity contribution in [2.24, 2.45) is 0 Å². The van der Waals surface area contributed by atoms with E-state index in [-0.39, 0.29) is 31.2 Å². The molecule has 2 aliphatic heterocycles. The van der Waals surface area contributed by atoms with E-state index >= 15 is 0 Å². The molecule has 0 spiro atoms. The van der Waals surface area contributed by atoms with Crippen LogP contribution >= 0.6 is 0 Å². The minimum absolute atomic E-state index is 0.00884. The predicted octanol–water partition coefficient (Wildman–Crippen LogP) is 1.77. The van der Waals surface area contributed by atoms with Crippen LogP contribution < -0.4 is 5.32 Å². The third kappa shape index (κ3) is 5.54. The van der Waals surface area contributed by atoms with Crippen molar-refractivity contribution >= 4 is 17.9 Å². The van der Waals surface area contributed by atoms with Gasteiger partial charge in [-0.1, -0.05) is 30.3 Å². The van der Waals surface area contributed by atoms with Crippen LogP contribution in [0.15, 0.2) is 41.6 Å². The molecule has 0 bridgehead atoms. The molecule has 1 aromatic rings. The lowest BCUT2D eigenvalue weighted by molar-refractivity contribution is -0.139. The van der Waals surface area contributed by atoms with Gasteiger partial charge in [-0.2, -0.15) is 0 Å². The van der Waals surface area contributed by atoms with E-state index in [0.29, 0.717) is 44.0 Å². The quantitative estimate of drug-likeness (QED) is 0.597. The van der Waals surface area contributed by atoms with Gasteiger partial charge in [0.05, 0.1) is 18.2 Å². The summed E-state index contributed by atoms with van der Waals surface area (Å²) in [5.74, 6) is -0.464. The Labute approximate surface area is 195 Å². The molecule has 33 heavy (non-hydrogen) atoms. The minimum atomic E-state index is -0.586. The number of likely N-dealkylation sites (N-methyl/N-ethyl adjacent to an activating group) is 1. The van der Waals surface area contributed by atoms with Gasteiger partial charge in [0.25, 0.3) is 0 Å². The highest BCUT2D eigenvalue weighted by Gasteiger charge is 2.39. The topological polar surface area (TPSA) is 91.4 Å². The number of esters is 1. The molecule has 1 aromatic carbocycles. The van der Waals surface area contributed by atoms with Gasteiger partial charge in [-0.25, -0.2) is 9.59 Å². The first kappa shape index (κ1) is 24.7. The maximum Gasteiger partial charge on any atom is 0.338 e. The van der Waals surface area contributed by atoms with Crippen LogP contribution in [0.25, 0.3) is 0 Å². The molecule has 0 saturated carbocycles. The van der Waals surface area contributed by atoms with Gasteiger partial charge >= 0.3 is 12.0 Å². The Morgan fingerprint density at radius 1 is 1.15 bits per heavy atom. The summed E-state index contributed by atoms with van der Waals surface area (Å²) >= 11 is 0. The second-order valence-corrected chi connectivity index (χ2v) is 8.22. The van der Waals surface area contributed by atoms with Gasteiger partial charge in [0.2, 0.25) is 5.91 Å². The number of rotatable bonds is 8. The van der Waals surface area contributed by atoms with Crippen LogP contribution in [-0.2, 0) is 19.1 Å². The highest BCUT2D eigenvalue weighted by molar-refractivity contribution is 5.95. The van der Waals surface area contributed by atoms with Crippen molar-refractivity contribution in [2.45, 2.75) is 32.9 Å². The molecule has 9 nitrogen and oxygen atoms in total. The van der Waals surface area contributed by atoms with Crippen LogP contribution in [0.3, 0.4) is 0 Å². The van der Waals surface area contributed by atoms with Crippen molar-refractivity contribution in [3.05, 3.63) is 47.2 Å². The molecular formula is C24H34N4O5. The van der Waals surface area contributed by atoms with Gasteiger partial charge < -0.3 is 19.7 Å². The third-order valence-corrected chi connectivity index (χ3v) is 6.06. The van der Waals surface area contributed by atoms with E-state index in [4.69, 9.17) is 9.47 Å². The van der Waals surface area contributed by atoms with Crippen molar-refractivity contribution in [2.75, 3.05) is 53.0 Å². The van der Waals surface area contributed by atoms with Gasteiger partial charge in [-0.05, 0) is 26.3 Å². The third-order valence-electron chi connectivity index (χ3n) is 6.06. The van der Waals surface area contributed by atoms with E-state index in [9.17, 15) is 14.4 Å². The van der Waals surface area contributed by atoms with Crippen LogP contribution in [0, 0.1) is 0 Å². The Hall–Kier alpha value is -2.91. The standard InChI is InChI=1S/C24H34N4O5/c1-5-27-19(15-26-12-13-28(17(3)14-26)20(29)16-32-4)21(23(30)33-6-2)22(25-24(27)31)18-10-8-7-9-11-18/h7-11,17,22H,5-6,12-16H2,1-4H3,(H,25,31)/t17-,22+/m1/s1. The molecule has 0 aromatic heterocycles. The average molecular weight is 459 g/mol. The number of nitrogens with zero attached hydrogens (tertiary/aromatic N) is 3. The van der Waals surface area contributed by atoms with Gasteiger partial charge in [0, 0.05) is 51.6 Å². The van der Waals surface area contributed by atoms with Crippen LogP contribution in [0.1, 0.15) is 32.4 Å². The molecule has 3 amide bonds. The van der Waals surface area contributed by atoms with E-state index in [2.05, 4.69) is 10.2 Å². The molecule has 9 heteroatoms. The van der Waals surface area contributed by atoms with Crippen LogP contribution in [0.5, 0.6) is 0 Å². The molecule has 3 rings (SSSR count). The zero-order chi connectivity index (χ0) is 24.0. The number of urea groups is 1. The van der Waals surface area contributed by atoms with Gasteiger partial charge in [0.15, 0.2) is 0 Å². The summed E-state index contributed by atoms with van der Waals surface area (Å²) in [7, 11) is 1.51. The number of methoxy groups -OCH3 is 1. The summed E-state index contributed by atoms with van der Waals surface area (Å²) in [5.41, 5.74) is 1.93. The molecule has 1 saturated heterocycles. The monoisotopic (exact) mass is 458 g/mol. The minimum Gasteiger partial charge on any atom is -0.463 e. The molecule has 2 heterocycles.